The third-order valence-corrected chi connectivity index (χ3v) is 4.50. The SMILES string of the molecule is Oc1cc2c(-c3cccc4ccccc34)c(O)c(O)c(O)c2c(O)c1O. The number of rotatable bonds is 1. The minimum absolute atomic E-state index is 0.0713. The largest absolute Gasteiger partial charge is 0.504 e. The molecule has 0 radical (unpaired) electrons. The molecule has 0 saturated carbocycles. The summed E-state index contributed by atoms with van der Waals surface area (Å²) in [5.74, 6) is -4.48. The first-order valence-electron chi connectivity index (χ1n) is 7.74. The van der Waals surface area contributed by atoms with Gasteiger partial charge in [0.2, 0.25) is 11.5 Å². The fourth-order valence-corrected chi connectivity index (χ4v) is 3.27. The molecule has 0 atom stereocenters. The van der Waals surface area contributed by atoms with E-state index in [9.17, 15) is 30.6 Å². The monoisotopic (exact) mass is 350 g/mol. The molecule has 0 spiro atoms. The number of phenols is 6. The average molecular weight is 350 g/mol. The Hall–Kier alpha value is -3.80. The molecule has 0 bridgehead atoms. The van der Waals surface area contributed by atoms with Gasteiger partial charge in [-0.1, -0.05) is 42.5 Å². The van der Waals surface area contributed by atoms with Crippen molar-refractivity contribution in [3.8, 4) is 45.6 Å². The maximum Gasteiger partial charge on any atom is 0.201 e. The van der Waals surface area contributed by atoms with Gasteiger partial charge in [-0.25, -0.2) is 0 Å². The zero-order valence-corrected chi connectivity index (χ0v) is 13.3. The van der Waals surface area contributed by atoms with E-state index in [1.807, 2.05) is 30.3 Å². The van der Waals surface area contributed by atoms with Gasteiger partial charge < -0.3 is 30.6 Å². The van der Waals surface area contributed by atoms with Gasteiger partial charge in [-0.2, -0.15) is 0 Å². The number of phenolic OH excluding ortho intramolecular Hbond substituents is 6. The molecule has 6 heteroatoms. The predicted octanol–water partition coefficient (Wildman–Crippen LogP) is 3.89. The Labute approximate surface area is 147 Å². The lowest BCUT2D eigenvalue weighted by Gasteiger charge is -2.16. The van der Waals surface area contributed by atoms with Crippen molar-refractivity contribution in [1.82, 2.24) is 0 Å². The normalized spacial score (nSPS) is 11.2. The van der Waals surface area contributed by atoms with Gasteiger partial charge in [-0.3, -0.25) is 0 Å². The third-order valence-electron chi connectivity index (χ3n) is 4.50. The molecule has 4 aromatic rings. The molecule has 26 heavy (non-hydrogen) atoms. The Kier molecular flexibility index (Phi) is 3.23. The highest BCUT2D eigenvalue weighted by atomic mass is 16.3. The molecule has 6 nitrogen and oxygen atoms in total. The molecule has 4 aromatic carbocycles. The van der Waals surface area contributed by atoms with Crippen molar-refractivity contribution in [1.29, 1.82) is 0 Å². The first-order valence-corrected chi connectivity index (χ1v) is 7.74. The van der Waals surface area contributed by atoms with Crippen molar-refractivity contribution in [3.05, 3.63) is 48.5 Å². The lowest BCUT2D eigenvalue weighted by atomic mass is 9.91. The second-order valence-corrected chi connectivity index (χ2v) is 5.96. The summed E-state index contributed by atoms with van der Waals surface area (Å²) in [6.07, 6.45) is 0. The highest BCUT2D eigenvalue weighted by molar-refractivity contribution is 6.13. The summed E-state index contributed by atoms with van der Waals surface area (Å²) in [5, 5.41) is 62.0. The molecule has 130 valence electrons. The molecule has 0 aromatic heterocycles. The van der Waals surface area contributed by atoms with Crippen LogP contribution >= 0.6 is 0 Å². The molecule has 0 aliphatic carbocycles. The minimum atomic E-state index is -0.833. The maximum atomic E-state index is 10.5. The smallest absolute Gasteiger partial charge is 0.201 e. The van der Waals surface area contributed by atoms with Gasteiger partial charge in [0.15, 0.2) is 23.0 Å². The van der Waals surface area contributed by atoms with Crippen LogP contribution in [0.15, 0.2) is 48.5 Å². The number of fused-ring (bicyclic) bond motifs is 2. The van der Waals surface area contributed by atoms with Gasteiger partial charge >= 0.3 is 0 Å². The second kappa shape index (κ2) is 5.35. The van der Waals surface area contributed by atoms with Crippen LogP contribution in [0.4, 0.5) is 0 Å². The van der Waals surface area contributed by atoms with Crippen LogP contribution in [0.3, 0.4) is 0 Å². The highest BCUT2D eigenvalue weighted by Gasteiger charge is 2.25. The van der Waals surface area contributed by atoms with Crippen LogP contribution in [-0.2, 0) is 0 Å². The number of hydrogen-bond acceptors (Lipinski definition) is 6. The lowest BCUT2D eigenvalue weighted by Crippen LogP contribution is -1.88. The fourth-order valence-electron chi connectivity index (χ4n) is 3.27. The zero-order valence-electron chi connectivity index (χ0n) is 13.3. The van der Waals surface area contributed by atoms with Crippen molar-refractivity contribution in [3.63, 3.8) is 0 Å². The Morgan fingerprint density at radius 2 is 1.19 bits per heavy atom. The van der Waals surface area contributed by atoms with Crippen LogP contribution in [0.25, 0.3) is 32.7 Å². The summed E-state index contributed by atoms with van der Waals surface area (Å²) < 4.78 is 0. The Morgan fingerprint density at radius 3 is 1.96 bits per heavy atom. The summed E-state index contributed by atoms with van der Waals surface area (Å²) in [6.45, 7) is 0. The van der Waals surface area contributed by atoms with E-state index in [1.54, 1.807) is 12.1 Å². The van der Waals surface area contributed by atoms with E-state index in [2.05, 4.69) is 0 Å². The Morgan fingerprint density at radius 1 is 0.538 bits per heavy atom. The molecule has 0 saturated heterocycles. The second-order valence-electron chi connectivity index (χ2n) is 5.96. The van der Waals surface area contributed by atoms with Gasteiger partial charge in [-0.05, 0) is 22.4 Å². The molecule has 0 aliphatic heterocycles. The quantitative estimate of drug-likeness (QED) is 0.290. The summed E-state index contributed by atoms with van der Waals surface area (Å²) in [6, 6.07) is 13.8. The number of aromatic hydroxyl groups is 6. The summed E-state index contributed by atoms with van der Waals surface area (Å²) in [4.78, 5) is 0. The fraction of sp³-hybridized carbons (Fsp3) is 0. The van der Waals surface area contributed by atoms with Crippen molar-refractivity contribution < 1.29 is 30.6 Å². The van der Waals surface area contributed by atoms with Crippen molar-refractivity contribution in [2.45, 2.75) is 0 Å². The number of benzene rings is 4. The lowest BCUT2D eigenvalue weighted by molar-refractivity contribution is 0.362. The van der Waals surface area contributed by atoms with E-state index in [0.29, 0.717) is 5.56 Å². The Bertz CT molecular complexity index is 1180. The van der Waals surface area contributed by atoms with Crippen molar-refractivity contribution in [2.24, 2.45) is 0 Å². The van der Waals surface area contributed by atoms with Crippen LogP contribution in [0, 0.1) is 0 Å². The summed E-state index contributed by atoms with van der Waals surface area (Å²) >= 11 is 0. The van der Waals surface area contributed by atoms with Crippen LogP contribution in [0.2, 0.25) is 0 Å². The average Bonchev–Trinajstić information content (AvgIpc) is 2.64. The van der Waals surface area contributed by atoms with Gasteiger partial charge in [0.05, 0.1) is 5.39 Å². The molecule has 0 aliphatic rings. The van der Waals surface area contributed by atoms with Gasteiger partial charge in [-0.15, -0.1) is 0 Å². The van der Waals surface area contributed by atoms with E-state index in [0.717, 1.165) is 16.8 Å². The third kappa shape index (κ3) is 1.99. The predicted molar refractivity (Wildman–Crippen MR) is 96.9 cm³/mol. The highest BCUT2D eigenvalue weighted by Crippen LogP contribution is 2.55. The standard InChI is InChI=1S/C20H14O6/c21-13-8-12-14(11-7-3-5-9-4-1-2-6-10(9)11)17(23)20(26)19(25)15(12)18(24)16(13)22/h1-8,21-26H. The van der Waals surface area contributed by atoms with E-state index in [4.69, 9.17) is 0 Å². The Balaban J connectivity index is 2.27. The molecule has 0 amide bonds. The van der Waals surface area contributed by atoms with Crippen molar-refractivity contribution in [2.75, 3.05) is 0 Å². The van der Waals surface area contributed by atoms with Crippen LogP contribution in [-0.4, -0.2) is 30.6 Å². The summed E-state index contributed by atoms with van der Waals surface area (Å²) in [5.41, 5.74) is 0.628. The number of hydrogen-bond donors (Lipinski definition) is 6. The molecular formula is C20H14O6. The van der Waals surface area contributed by atoms with Crippen LogP contribution in [0.1, 0.15) is 0 Å². The summed E-state index contributed by atoms with van der Waals surface area (Å²) in [7, 11) is 0. The first-order chi connectivity index (χ1) is 12.4. The molecule has 4 rings (SSSR count). The topological polar surface area (TPSA) is 121 Å². The van der Waals surface area contributed by atoms with E-state index in [-0.39, 0.29) is 16.3 Å². The molecular weight excluding hydrogens is 336 g/mol. The molecule has 6 N–H and O–H groups in total. The van der Waals surface area contributed by atoms with Crippen molar-refractivity contribution >= 4 is 21.5 Å². The van der Waals surface area contributed by atoms with Crippen LogP contribution in [0.5, 0.6) is 34.5 Å². The van der Waals surface area contributed by atoms with E-state index >= 15 is 0 Å². The van der Waals surface area contributed by atoms with E-state index in [1.165, 1.54) is 0 Å². The van der Waals surface area contributed by atoms with Crippen LogP contribution < -0.4 is 0 Å². The maximum absolute atomic E-state index is 10.5. The van der Waals surface area contributed by atoms with Gasteiger partial charge in [0, 0.05) is 10.9 Å². The molecule has 0 heterocycles. The van der Waals surface area contributed by atoms with Gasteiger partial charge in [0.1, 0.15) is 0 Å². The van der Waals surface area contributed by atoms with E-state index < -0.39 is 34.5 Å². The first kappa shape index (κ1) is 15.7. The molecule has 0 fully saturated rings. The molecule has 0 unspecified atom stereocenters. The van der Waals surface area contributed by atoms with Gasteiger partial charge in [0.25, 0.3) is 0 Å². The zero-order chi connectivity index (χ0) is 18.6. The minimum Gasteiger partial charge on any atom is -0.504 e.